The molecular weight excluding hydrogens is 443 g/mol. The summed E-state index contributed by atoms with van der Waals surface area (Å²) in [6, 6.07) is 3.89. The Bertz CT molecular complexity index is 1110. The van der Waals surface area contributed by atoms with Gasteiger partial charge in [-0.2, -0.15) is 4.37 Å². The summed E-state index contributed by atoms with van der Waals surface area (Å²) in [6.07, 6.45) is 3.52. The smallest absolute Gasteiger partial charge is 0.276 e. The minimum Gasteiger partial charge on any atom is -0.481 e. The van der Waals surface area contributed by atoms with Crippen molar-refractivity contribution in [2.75, 3.05) is 30.7 Å². The third-order valence-corrected chi connectivity index (χ3v) is 5.77. The largest absolute Gasteiger partial charge is 0.481 e. The molecule has 1 atom stereocenters. The van der Waals surface area contributed by atoms with Gasteiger partial charge in [0.2, 0.25) is 5.06 Å². The SMILES string of the molecule is Nc1cc(F)c(-c2c(F)cccc2F)nc1C(=O)Nc1cnsc1OCC1CCCNC1. The summed E-state index contributed by atoms with van der Waals surface area (Å²) in [5.41, 5.74) is 4.08. The van der Waals surface area contributed by atoms with E-state index in [1.54, 1.807) is 0 Å². The number of nitrogen functional groups attached to an aromatic ring is 1. The second-order valence-corrected chi connectivity index (χ2v) is 8.12. The van der Waals surface area contributed by atoms with Crippen LogP contribution in [0.2, 0.25) is 0 Å². The van der Waals surface area contributed by atoms with Gasteiger partial charge >= 0.3 is 0 Å². The van der Waals surface area contributed by atoms with E-state index in [0.717, 1.165) is 61.7 Å². The molecule has 1 aromatic carbocycles. The van der Waals surface area contributed by atoms with Crippen LogP contribution < -0.4 is 21.1 Å². The number of piperidine rings is 1. The lowest BCUT2D eigenvalue weighted by Crippen LogP contribution is -2.33. The maximum Gasteiger partial charge on any atom is 0.276 e. The van der Waals surface area contributed by atoms with Crippen molar-refractivity contribution in [2.24, 2.45) is 5.92 Å². The molecule has 1 unspecified atom stereocenters. The number of nitrogens with zero attached hydrogens (tertiary/aromatic N) is 2. The van der Waals surface area contributed by atoms with Gasteiger partial charge in [-0.1, -0.05) is 6.07 Å². The Labute approximate surface area is 186 Å². The van der Waals surface area contributed by atoms with Crippen LogP contribution in [0.4, 0.5) is 24.5 Å². The molecule has 4 N–H and O–H groups in total. The van der Waals surface area contributed by atoms with E-state index >= 15 is 0 Å². The molecule has 0 spiro atoms. The average Bonchev–Trinajstić information content (AvgIpc) is 3.21. The van der Waals surface area contributed by atoms with E-state index in [4.69, 9.17) is 10.5 Å². The van der Waals surface area contributed by atoms with Gasteiger partial charge in [0.05, 0.1) is 24.1 Å². The predicted octanol–water partition coefficient (Wildman–Crippen LogP) is 3.84. The van der Waals surface area contributed by atoms with Crippen LogP contribution in [0, 0.1) is 23.4 Å². The summed E-state index contributed by atoms with van der Waals surface area (Å²) in [4.78, 5) is 16.6. The number of nitrogens with one attached hydrogen (secondary N) is 2. The average molecular weight is 463 g/mol. The number of nitrogens with two attached hydrogens (primary N) is 1. The van der Waals surface area contributed by atoms with Crippen LogP contribution in [0.15, 0.2) is 30.5 Å². The fourth-order valence-electron chi connectivity index (χ4n) is 3.44. The zero-order valence-electron chi connectivity index (χ0n) is 16.8. The molecule has 32 heavy (non-hydrogen) atoms. The summed E-state index contributed by atoms with van der Waals surface area (Å²) in [5, 5.41) is 6.29. The van der Waals surface area contributed by atoms with Gasteiger partial charge in [0, 0.05) is 30.1 Å². The van der Waals surface area contributed by atoms with E-state index in [-0.39, 0.29) is 11.4 Å². The van der Waals surface area contributed by atoms with Gasteiger partial charge in [-0.3, -0.25) is 4.79 Å². The lowest BCUT2D eigenvalue weighted by Gasteiger charge is -2.22. The Hall–Kier alpha value is -3.18. The fraction of sp³-hybridized carbons (Fsp3) is 0.286. The lowest BCUT2D eigenvalue weighted by molar-refractivity contribution is 0.102. The Morgan fingerprint density at radius 1 is 1.28 bits per heavy atom. The summed E-state index contributed by atoms with van der Waals surface area (Å²) < 4.78 is 52.5. The molecule has 0 saturated carbocycles. The van der Waals surface area contributed by atoms with Gasteiger partial charge in [-0.15, -0.1) is 0 Å². The van der Waals surface area contributed by atoms with Crippen molar-refractivity contribution in [3.63, 3.8) is 0 Å². The van der Waals surface area contributed by atoms with Crippen LogP contribution in [0.25, 0.3) is 11.3 Å². The van der Waals surface area contributed by atoms with Gasteiger partial charge in [0.25, 0.3) is 5.91 Å². The molecule has 3 heterocycles. The molecule has 1 fully saturated rings. The van der Waals surface area contributed by atoms with Crippen molar-refractivity contribution < 1.29 is 22.7 Å². The third kappa shape index (κ3) is 4.68. The highest BCUT2D eigenvalue weighted by Gasteiger charge is 2.23. The topological polar surface area (TPSA) is 102 Å². The molecule has 168 valence electrons. The summed E-state index contributed by atoms with van der Waals surface area (Å²) >= 11 is 1.07. The number of hydrogen-bond acceptors (Lipinski definition) is 7. The van der Waals surface area contributed by atoms with Gasteiger partial charge in [-0.25, -0.2) is 18.2 Å². The standard InChI is InChI=1S/C21H20F3N5O2S/c22-12-4-1-5-13(23)17(12)18-14(24)7-15(25)19(29-18)20(30)28-16-9-27-32-21(16)31-10-11-3-2-6-26-8-11/h1,4-5,7,9,11,26H,2-3,6,8,10,25H2,(H,28,30). The fourth-order valence-corrected chi connectivity index (χ4v) is 4.02. The number of ether oxygens (including phenoxy) is 1. The van der Waals surface area contributed by atoms with Gasteiger partial charge < -0.3 is 21.1 Å². The van der Waals surface area contributed by atoms with Crippen LogP contribution >= 0.6 is 11.5 Å². The molecule has 3 aromatic rings. The highest BCUT2D eigenvalue weighted by atomic mass is 32.1. The normalized spacial score (nSPS) is 16.0. The second kappa shape index (κ2) is 9.53. The summed E-state index contributed by atoms with van der Waals surface area (Å²) in [5.74, 6) is -3.51. The predicted molar refractivity (Wildman–Crippen MR) is 115 cm³/mol. The number of carbonyl (C=O) groups is 1. The highest BCUT2D eigenvalue weighted by molar-refractivity contribution is 7.08. The lowest BCUT2D eigenvalue weighted by atomic mass is 10.0. The molecule has 0 bridgehead atoms. The van der Waals surface area contributed by atoms with Gasteiger partial charge in [0.15, 0.2) is 11.5 Å². The quantitative estimate of drug-likeness (QED) is 0.514. The first-order chi connectivity index (χ1) is 15.4. The van der Waals surface area contributed by atoms with Gasteiger partial charge in [-0.05, 0) is 31.5 Å². The van der Waals surface area contributed by atoms with E-state index in [1.807, 2.05) is 0 Å². The van der Waals surface area contributed by atoms with Crippen molar-refractivity contribution >= 4 is 28.8 Å². The number of rotatable bonds is 6. The first-order valence-corrected chi connectivity index (χ1v) is 10.7. The molecule has 0 radical (unpaired) electrons. The Balaban J connectivity index is 1.55. The number of amides is 1. The van der Waals surface area contributed by atoms with Crippen molar-refractivity contribution in [3.05, 3.63) is 53.6 Å². The second-order valence-electron chi connectivity index (χ2n) is 7.36. The molecule has 1 amide bonds. The summed E-state index contributed by atoms with van der Waals surface area (Å²) in [7, 11) is 0. The molecule has 0 aliphatic carbocycles. The first-order valence-electron chi connectivity index (χ1n) is 9.94. The van der Waals surface area contributed by atoms with Crippen LogP contribution in [0.1, 0.15) is 23.3 Å². The number of benzene rings is 1. The first kappa shape index (κ1) is 22.0. The minimum absolute atomic E-state index is 0.278. The minimum atomic E-state index is -1.05. The molecule has 7 nitrogen and oxygen atoms in total. The van der Waals surface area contributed by atoms with E-state index in [9.17, 15) is 18.0 Å². The monoisotopic (exact) mass is 463 g/mol. The summed E-state index contributed by atoms with van der Waals surface area (Å²) in [6.45, 7) is 2.31. The molecule has 2 aromatic heterocycles. The Kier molecular flexibility index (Phi) is 6.56. The molecule has 11 heteroatoms. The number of hydrogen-bond donors (Lipinski definition) is 3. The number of aromatic nitrogens is 2. The van der Waals surface area contributed by atoms with Crippen LogP contribution in [-0.4, -0.2) is 35.0 Å². The van der Waals surface area contributed by atoms with Crippen molar-refractivity contribution in [1.82, 2.24) is 14.7 Å². The Morgan fingerprint density at radius 3 is 2.78 bits per heavy atom. The molecule has 1 saturated heterocycles. The van der Waals surface area contributed by atoms with Crippen molar-refractivity contribution in [2.45, 2.75) is 12.8 Å². The number of carbonyl (C=O) groups excluding carboxylic acids is 1. The number of anilines is 2. The van der Waals surface area contributed by atoms with E-state index in [2.05, 4.69) is 20.0 Å². The molecule has 1 aliphatic rings. The molecular formula is C21H20F3N5O2S. The van der Waals surface area contributed by atoms with Crippen molar-refractivity contribution in [3.8, 4) is 16.3 Å². The molecule has 1 aliphatic heterocycles. The van der Waals surface area contributed by atoms with Gasteiger partial charge in [0.1, 0.15) is 23.0 Å². The zero-order chi connectivity index (χ0) is 22.7. The zero-order valence-corrected chi connectivity index (χ0v) is 17.6. The molecule has 4 rings (SSSR count). The Morgan fingerprint density at radius 2 is 2.06 bits per heavy atom. The van der Waals surface area contributed by atoms with Crippen LogP contribution in [0.5, 0.6) is 5.06 Å². The van der Waals surface area contributed by atoms with E-state index < -0.39 is 34.6 Å². The third-order valence-electron chi connectivity index (χ3n) is 5.05. The van der Waals surface area contributed by atoms with E-state index in [1.165, 1.54) is 6.20 Å². The maximum absolute atomic E-state index is 14.4. The maximum atomic E-state index is 14.4. The number of halogens is 3. The van der Waals surface area contributed by atoms with Crippen LogP contribution in [-0.2, 0) is 0 Å². The van der Waals surface area contributed by atoms with E-state index in [0.29, 0.717) is 23.3 Å². The van der Waals surface area contributed by atoms with Crippen molar-refractivity contribution in [1.29, 1.82) is 0 Å². The highest BCUT2D eigenvalue weighted by Crippen LogP contribution is 2.32. The van der Waals surface area contributed by atoms with Crippen LogP contribution in [0.3, 0.4) is 0 Å². The number of pyridine rings is 1.